The van der Waals surface area contributed by atoms with Gasteiger partial charge in [-0.3, -0.25) is 0 Å². The summed E-state index contributed by atoms with van der Waals surface area (Å²) in [6.45, 7) is 1.22. The van der Waals surface area contributed by atoms with Gasteiger partial charge in [0.25, 0.3) is 0 Å². The number of anilines is 1. The maximum Gasteiger partial charge on any atom is 0.326 e. The Kier molecular flexibility index (Phi) is 4.23. The highest BCUT2D eigenvalue weighted by molar-refractivity contribution is 5.78. The topological polar surface area (TPSA) is 62.7 Å². The van der Waals surface area contributed by atoms with Gasteiger partial charge in [0.1, 0.15) is 12.6 Å². The third-order valence-corrected chi connectivity index (χ3v) is 3.82. The van der Waals surface area contributed by atoms with Crippen LogP contribution in [0.3, 0.4) is 0 Å². The van der Waals surface area contributed by atoms with E-state index in [-0.39, 0.29) is 0 Å². The second kappa shape index (κ2) is 6.47. The Bertz CT molecular complexity index is 628. The van der Waals surface area contributed by atoms with E-state index in [4.69, 9.17) is 4.74 Å². The van der Waals surface area contributed by atoms with Crippen LogP contribution in [-0.4, -0.2) is 28.6 Å². The first-order chi connectivity index (χ1) is 10.7. The number of carboxylic acids is 1. The van der Waals surface area contributed by atoms with E-state index in [0.717, 1.165) is 24.2 Å². The average Bonchev–Trinajstić information content (AvgIpc) is 3.04. The number of aromatic nitrogens is 1. The number of nitrogens with zero attached hydrogens (tertiary/aromatic N) is 2. The predicted molar refractivity (Wildman–Crippen MR) is 83.0 cm³/mol. The highest BCUT2D eigenvalue weighted by Crippen LogP contribution is 2.26. The minimum atomic E-state index is -0.776. The zero-order chi connectivity index (χ0) is 15.4. The second-order valence-electron chi connectivity index (χ2n) is 5.32. The van der Waals surface area contributed by atoms with Crippen molar-refractivity contribution in [3.05, 3.63) is 54.2 Å². The van der Waals surface area contributed by atoms with Crippen molar-refractivity contribution in [1.82, 2.24) is 4.98 Å². The molecule has 1 N–H and O–H groups in total. The van der Waals surface area contributed by atoms with Crippen molar-refractivity contribution in [3.8, 4) is 5.88 Å². The maximum absolute atomic E-state index is 11.2. The fourth-order valence-corrected chi connectivity index (χ4v) is 2.69. The fourth-order valence-electron chi connectivity index (χ4n) is 2.69. The van der Waals surface area contributed by atoms with Gasteiger partial charge in [0.15, 0.2) is 0 Å². The van der Waals surface area contributed by atoms with Crippen LogP contribution in [0.5, 0.6) is 5.88 Å². The van der Waals surface area contributed by atoms with Crippen molar-refractivity contribution >= 4 is 11.7 Å². The van der Waals surface area contributed by atoms with Crippen LogP contribution in [0, 0.1) is 0 Å². The molecular formula is C17H18N2O3. The average molecular weight is 298 g/mol. The Morgan fingerprint density at radius 2 is 2.09 bits per heavy atom. The molecule has 1 aromatic heterocycles. The van der Waals surface area contributed by atoms with E-state index in [2.05, 4.69) is 4.98 Å². The van der Waals surface area contributed by atoms with Gasteiger partial charge in [0, 0.05) is 12.6 Å². The first-order valence-corrected chi connectivity index (χ1v) is 7.36. The summed E-state index contributed by atoms with van der Waals surface area (Å²) in [6, 6.07) is 13.1. The largest absolute Gasteiger partial charge is 0.480 e. The van der Waals surface area contributed by atoms with Crippen LogP contribution in [0.25, 0.3) is 0 Å². The Morgan fingerprint density at radius 1 is 1.27 bits per heavy atom. The minimum Gasteiger partial charge on any atom is -0.480 e. The number of benzene rings is 1. The van der Waals surface area contributed by atoms with Gasteiger partial charge in [-0.15, -0.1) is 0 Å². The third kappa shape index (κ3) is 3.19. The van der Waals surface area contributed by atoms with E-state index in [1.165, 1.54) is 0 Å². The van der Waals surface area contributed by atoms with Crippen molar-refractivity contribution in [3.63, 3.8) is 0 Å². The molecule has 5 nitrogen and oxygen atoms in total. The number of pyridine rings is 1. The quantitative estimate of drug-likeness (QED) is 0.919. The van der Waals surface area contributed by atoms with E-state index in [0.29, 0.717) is 18.9 Å². The summed E-state index contributed by atoms with van der Waals surface area (Å²) in [5, 5.41) is 9.22. The highest BCUT2D eigenvalue weighted by atomic mass is 16.5. The molecule has 3 rings (SSSR count). The third-order valence-electron chi connectivity index (χ3n) is 3.82. The van der Waals surface area contributed by atoms with Gasteiger partial charge < -0.3 is 14.7 Å². The SMILES string of the molecule is O=C(O)[C@@H]1CCCN1c1ccc(OCc2ccccc2)nc1. The van der Waals surface area contributed by atoms with Crippen molar-refractivity contribution in [2.24, 2.45) is 0 Å². The van der Waals surface area contributed by atoms with Crippen LogP contribution in [0.1, 0.15) is 18.4 Å². The van der Waals surface area contributed by atoms with Crippen LogP contribution in [0.4, 0.5) is 5.69 Å². The Hall–Kier alpha value is -2.56. The summed E-state index contributed by atoms with van der Waals surface area (Å²) in [5.41, 5.74) is 1.91. The van der Waals surface area contributed by atoms with Crippen LogP contribution in [0.15, 0.2) is 48.7 Å². The molecule has 114 valence electrons. The summed E-state index contributed by atoms with van der Waals surface area (Å²) in [5.74, 6) is -0.236. The number of ether oxygens (including phenoxy) is 1. The number of carboxylic acid groups (broad SMARTS) is 1. The molecule has 5 heteroatoms. The smallest absolute Gasteiger partial charge is 0.326 e. The summed E-state index contributed by atoms with van der Waals surface area (Å²) >= 11 is 0. The molecule has 0 saturated carbocycles. The van der Waals surface area contributed by atoms with Gasteiger partial charge in [-0.2, -0.15) is 0 Å². The van der Waals surface area contributed by atoms with Crippen molar-refractivity contribution in [1.29, 1.82) is 0 Å². The van der Waals surface area contributed by atoms with E-state index in [1.807, 2.05) is 41.3 Å². The molecule has 1 fully saturated rings. The lowest BCUT2D eigenvalue weighted by atomic mass is 10.2. The molecule has 1 aromatic carbocycles. The standard InChI is InChI=1S/C17H18N2O3/c20-17(21)15-7-4-10-19(15)14-8-9-16(18-11-14)22-12-13-5-2-1-3-6-13/h1-3,5-6,8-9,11,15H,4,7,10,12H2,(H,20,21)/t15-/m0/s1. The van der Waals surface area contributed by atoms with Gasteiger partial charge in [0.2, 0.25) is 5.88 Å². The summed E-state index contributed by atoms with van der Waals surface area (Å²) in [7, 11) is 0. The molecule has 0 radical (unpaired) electrons. The van der Waals surface area contributed by atoms with Crippen LogP contribution < -0.4 is 9.64 Å². The monoisotopic (exact) mass is 298 g/mol. The molecule has 0 bridgehead atoms. The van der Waals surface area contributed by atoms with Gasteiger partial charge in [-0.25, -0.2) is 9.78 Å². The predicted octanol–water partition coefficient (Wildman–Crippen LogP) is 2.71. The zero-order valence-corrected chi connectivity index (χ0v) is 12.2. The van der Waals surface area contributed by atoms with Gasteiger partial charge in [-0.1, -0.05) is 30.3 Å². The van der Waals surface area contributed by atoms with Crippen LogP contribution in [-0.2, 0) is 11.4 Å². The summed E-state index contributed by atoms with van der Waals surface area (Å²) in [6.07, 6.45) is 3.26. The van der Waals surface area contributed by atoms with Crippen molar-refractivity contribution in [2.75, 3.05) is 11.4 Å². The maximum atomic E-state index is 11.2. The second-order valence-corrected chi connectivity index (χ2v) is 5.32. The first-order valence-electron chi connectivity index (χ1n) is 7.36. The first kappa shape index (κ1) is 14.4. The summed E-state index contributed by atoms with van der Waals surface area (Å²) < 4.78 is 5.64. The Labute approximate surface area is 129 Å². The molecule has 0 unspecified atom stereocenters. The van der Waals surface area contributed by atoms with Crippen molar-refractivity contribution in [2.45, 2.75) is 25.5 Å². The number of carbonyl (C=O) groups is 1. The number of aliphatic carboxylic acids is 1. The molecule has 1 aliphatic heterocycles. The van der Waals surface area contributed by atoms with E-state index < -0.39 is 12.0 Å². The zero-order valence-electron chi connectivity index (χ0n) is 12.2. The fraction of sp³-hybridized carbons (Fsp3) is 0.294. The van der Waals surface area contributed by atoms with E-state index in [9.17, 15) is 9.90 Å². The number of hydrogen-bond acceptors (Lipinski definition) is 4. The Morgan fingerprint density at radius 3 is 2.77 bits per heavy atom. The molecule has 0 amide bonds. The Balaban J connectivity index is 1.64. The lowest BCUT2D eigenvalue weighted by molar-refractivity contribution is -0.138. The van der Waals surface area contributed by atoms with Gasteiger partial charge in [0.05, 0.1) is 11.9 Å². The molecule has 22 heavy (non-hydrogen) atoms. The van der Waals surface area contributed by atoms with E-state index >= 15 is 0 Å². The van der Waals surface area contributed by atoms with Gasteiger partial charge >= 0.3 is 5.97 Å². The normalized spacial score (nSPS) is 17.5. The molecular weight excluding hydrogens is 280 g/mol. The molecule has 1 saturated heterocycles. The van der Waals surface area contributed by atoms with Crippen LogP contribution in [0.2, 0.25) is 0 Å². The van der Waals surface area contributed by atoms with Crippen molar-refractivity contribution < 1.29 is 14.6 Å². The molecule has 1 atom stereocenters. The minimum absolute atomic E-state index is 0.446. The number of rotatable bonds is 5. The summed E-state index contributed by atoms with van der Waals surface area (Å²) in [4.78, 5) is 17.4. The molecule has 2 aromatic rings. The van der Waals surface area contributed by atoms with Crippen LogP contribution >= 0.6 is 0 Å². The van der Waals surface area contributed by atoms with Gasteiger partial charge in [-0.05, 0) is 24.5 Å². The lowest BCUT2D eigenvalue weighted by Crippen LogP contribution is -2.35. The highest BCUT2D eigenvalue weighted by Gasteiger charge is 2.30. The molecule has 0 spiro atoms. The lowest BCUT2D eigenvalue weighted by Gasteiger charge is -2.23. The molecule has 0 aliphatic carbocycles. The van der Waals surface area contributed by atoms with E-state index in [1.54, 1.807) is 12.3 Å². The molecule has 2 heterocycles. The number of hydrogen-bond donors (Lipinski definition) is 1. The molecule has 1 aliphatic rings.